The second-order valence-electron chi connectivity index (χ2n) is 5.55. The summed E-state index contributed by atoms with van der Waals surface area (Å²) in [6.07, 6.45) is 0. The Kier molecular flexibility index (Phi) is 5.04. The van der Waals surface area contributed by atoms with E-state index in [-0.39, 0.29) is 10.9 Å². The van der Waals surface area contributed by atoms with Crippen LogP contribution in [0.15, 0.2) is 76.4 Å². The van der Waals surface area contributed by atoms with Crippen molar-refractivity contribution in [3.05, 3.63) is 87.2 Å². The molecular weight excluding hydrogens is 338 g/mol. The van der Waals surface area contributed by atoms with Crippen molar-refractivity contribution in [3.63, 3.8) is 0 Å². The average Bonchev–Trinajstić information content (AvgIpc) is 3.01. The molecule has 2 aromatic rings. The number of benzene rings is 2. The van der Waals surface area contributed by atoms with Crippen LogP contribution < -0.4 is 0 Å². The number of carbonyl (C=O) groups is 1. The van der Waals surface area contributed by atoms with Crippen molar-refractivity contribution in [2.75, 3.05) is 20.1 Å². The van der Waals surface area contributed by atoms with E-state index in [2.05, 4.69) is 0 Å². The van der Waals surface area contributed by atoms with E-state index in [1.807, 2.05) is 36.4 Å². The molecule has 1 amide bonds. The van der Waals surface area contributed by atoms with E-state index in [1.54, 1.807) is 36.2 Å². The molecule has 0 aromatic heterocycles. The SMILES string of the molecule is CN1CCN(C(=O)c2ccccc2)/C1=C(\Sc1ccccc1)[N+](=O)[O-]. The zero-order chi connectivity index (χ0) is 17.8. The Labute approximate surface area is 149 Å². The Hall–Kier alpha value is -2.80. The summed E-state index contributed by atoms with van der Waals surface area (Å²) in [5.41, 5.74) is 0.516. The van der Waals surface area contributed by atoms with Crippen molar-refractivity contribution in [2.45, 2.75) is 4.90 Å². The maximum absolute atomic E-state index is 12.8. The number of thioether (sulfide) groups is 1. The minimum absolute atomic E-state index is 0.0459. The molecule has 1 saturated heterocycles. The van der Waals surface area contributed by atoms with Crippen LogP contribution in [0.25, 0.3) is 0 Å². The summed E-state index contributed by atoms with van der Waals surface area (Å²) in [4.78, 5) is 28.1. The van der Waals surface area contributed by atoms with Crippen LogP contribution in [0, 0.1) is 10.1 Å². The molecule has 0 radical (unpaired) electrons. The maximum atomic E-state index is 12.8. The minimum Gasteiger partial charge on any atom is -0.353 e. The number of nitro groups is 1. The molecular formula is C18H17N3O3S. The number of carbonyl (C=O) groups excluding carboxylic acids is 1. The highest BCUT2D eigenvalue weighted by molar-refractivity contribution is 8.02. The Morgan fingerprint density at radius 3 is 2.24 bits per heavy atom. The second-order valence-corrected chi connectivity index (χ2v) is 6.61. The fraction of sp³-hybridized carbons (Fsp3) is 0.167. The molecule has 2 aromatic carbocycles. The lowest BCUT2D eigenvalue weighted by atomic mass is 10.2. The molecule has 1 heterocycles. The number of hydrogen-bond acceptors (Lipinski definition) is 5. The van der Waals surface area contributed by atoms with Gasteiger partial charge in [0.25, 0.3) is 5.91 Å². The van der Waals surface area contributed by atoms with Gasteiger partial charge in [-0.15, -0.1) is 0 Å². The summed E-state index contributed by atoms with van der Waals surface area (Å²) in [6, 6.07) is 18.0. The quantitative estimate of drug-likeness (QED) is 0.478. The predicted octanol–water partition coefficient (Wildman–Crippen LogP) is 3.27. The van der Waals surface area contributed by atoms with Crippen LogP contribution in [-0.2, 0) is 0 Å². The van der Waals surface area contributed by atoms with Crippen molar-refractivity contribution >= 4 is 17.7 Å². The molecule has 1 aliphatic heterocycles. The van der Waals surface area contributed by atoms with Crippen LogP contribution >= 0.6 is 11.8 Å². The van der Waals surface area contributed by atoms with Crippen LogP contribution in [0.2, 0.25) is 0 Å². The standard InChI is InChI=1S/C18H17N3O3S/c1-19-12-13-20(17(22)14-8-4-2-5-9-14)16(19)18(21(23)24)25-15-10-6-3-7-11-15/h2-11H,12-13H2,1H3/b18-16-. The zero-order valence-corrected chi connectivity index (χ0v) is 14.5. The first-order valence-corrected chi connectivity index (χ1v) is 8.59. The van der Waals surface area contributed by atoms with E-state index in [1.165, 1.54) is 4.90 Å². The smallest absolute Gasteiger partial charge is 0.348 e. The van der Waals surface area contributed by atoms with E-state index in [9.17, 15) is 14.9 Å². The van der Waals surface area contributed by atoms with Gasteiger partial charge in [-0.05, 0) is 36.0 Å². The Balaban J connectivity index is 2.00. The molecule has 0 atom stereocenters. The van der Waals surface area contributed by atoms with Crippen molar-refractivity contribution in [1.29, 1.82) is 0 Å². The number of likely N-dealkylation sites (N-methyl/N-ethyl adjacent to an activating group) is 1. The van der Waals surface area contributed by atoms with Gasteiger partial charge in [-0.2, -0.15) is 0 Å². The highest BCUT2D eigenvalue weighted by Crippen LogP contribution is 2.34. The molecule has 0 N–H and O–H groups in total. The van der Waals surface area contributed by atoms with Crippen LogP contribution in [-0.4, -0.2) is 40.8 Å². The number of amides is 1. The Bertz CT molecular complexity index is 809. The molecule has 0 saturated carbocycles. The molecule has 128 valence electrons. The largest absolute Gasteiger partial charge is 0.353 e. The molecule has 0 aliphatic carbocycles. The van der Waals surface area contributed by atoms with E-state index in [4.69, 9.17) is 0 Å². The first-order chi connectivity index (χ1) is 12.1. The summed E-state index contributed by atoms with van der Waals surface area (Å²) in [7, 11) is 1.77. The van der Waals surface area contributed by atoms with E-state index < -0.39 is 4.92 Å². The lowest BCUT2D eigenvalue weighted by Crippen LogP contribution is -2.30. The summed E-state index contributed by atoms with van der Waals surface area (Å²) < 4.78 is 0. The highest BCUT2D eigenvalue weighted by Gasteiger charge is 2.36. The van der Waals surface area contributed by atoms with Gasteiger partial charge in [0.2, 0.25) is 0 Å². The molecule has 7 heteroatoms. The predicted molar refractivity (Wildman–Crippen MR) is 96.4 cm³/mol. The molecule has 3 rings (SSSR count). The van der Waals surface area contributed by atoms with Crippen LogP contribution in [0.3, 0.4) is 0 Å². The van der Waals surface area contributed by atoms with Crippen molar-refractivity contribution in [1.82, 2.24) is 9.80 Å². The summed E-state index contributed by atoms with van der Waals surface area (Å²) in [6.45, 7) is 0.979. The lowest BCUT2D eigenvalue weighted by Gasteiger charge is -2.20. The summed E-state index contributed by atoms with van der Waals surface area (Å²) >= 11 is 1.06. The molecule has 1 fully saturated rings. The van der Waals surface area contributed by atoms with Crippen molar-refractivity contribution in [3.8, 4) is 0 Å². The van der Waals surface area contributed by atoms with Gasteiger partial charge in [-0.1, -0.05) is 36.4 Å². The van der Waals surface area contributed by atoms with Gasteiger partial charge >= 0.3 is 5.03 Å². The van der Waals surface area contributed by atoms with Gasteiger partial charge in [0, 0.05) is 30.6 Å². The monoisotopic (exact) mass is 355 g/mol. The molecule has 0 spiro atoms. The first kappa shape index (κ1) is 17.0. The van der Waals surface area contributed by atoms with Crippen molar-refractivity contribution < 1.29 is 9.72 Å². The normalized spacial score (nSPS) is 16.0. The number of nitrogens with zero attached hydrogens (tertiary/aromatic N) is 3. The molecule has 6 nitrogen and oxygen atoms in total. The first-order valence-electron chi connectivity index (χ1n) is 7.77. The Morgan fingerprint density at radius 1 is 1.04 bits per heavy atom. The lowest BCUT2D eigenvalue weighted by molar-refractivity contribution is -0.413. The molecule has 25 heavy (non-hydrogen) atoms. The number of hydrogen-bond donors (Lipinski definition) is 0. The zero-order valence-electron chi connectivity index (χ0n) is 13.7. The Morgan fingerprint density at radius 2 is 1.64 bits per heavy atom. The number of rotatable bonds is 4. The van der Waals surface area contributed by atoms with Gasteiger partial charge in [0.05, 0.1) is 4.92 Å². The molecule has 0 bridgehead atoms. The van der Waals surface area contributed by atoms with E-state index in [0.29, 0.717) is 24.5 Å². The van der Waals surface area contributed by atoms with Crippen LogP contribution in [0.5, 0.6) is 0 Å². The summed E-state index contributed by atoms with van der Waals surface area (Å²) in [5, 5.41) is 11.7. The molecule has 1 aliphatic rings. The summed E-state index contributed by atoms with van der Waals surface area (Å²) in [5.74, 6) is 0.112. The highest BCUT2D eigenvalue weighted by atomic mass is 32.2. The van der Waals surface area contributed by atoms with Crippen LogP contribution in [0.4, 0.5) is 0 Å². The average molecular weight is 355 g/mol. The van der Waals surface area contributed by atoms with E-state index in [0.717, 1.165) is 16.7 Å². The van der Waals surface area contributed by atoms with Gasteiger partial charge in [-0.3, -0.25) is 19.8 Å². The minimum atomic E-state index is -0.417. The fourth-order valence-electron chi connectivity index (χ4n) is 2.65. The van der Waals surface area contributed by atoms with Crippen LogP contribution in [0.1, 0.15) is 10.4 Å². The maximum Gasteiger partial charge on any atom is 0.348 e. The van der Waals surface area contributed by atoms with E-state index >= 15 is 0 Å². The van der Waals surface area contributed by atoms with Gasteiger partial charge in [-0.25, -0.2) is 0 Å². The van der Waals surface area contributed by atoms with Gasteiger partial charge < -0.3 is 4.90 Å². The third-order valence-electron chi connectivity index (χ3n) is 3.86. The molecule has 0 unspecified atom stereocenters. The third-order valence-corrected chi connectivity index (χ3v) is 4.89. The van der Waals surface area contributed by atoms with Gasteiger partial charge in [0.15, 0.2) is 5.82 Å². The fourth-order valence-corrected chi connectivity index (χ4v) is 3.59. The topological polar surface area (TPSA) is 66.7 Å². The second kappa shape index (κ2) is 7.40. The van der Waals surface area contributed by atoms with Crippen molar-refractivity contribution in [2.24, 2.45) is 0 Å². The van der Waals surface area contributed by atoms with Gasteiger partial charge in [0.1, 0.15) is 0 Å². The third kappa shape index (κ3) is 3.66.